The van der Waals surface area contributed by atoms with E-state index in [1.165, 1.54) is 24.3 Å². The van der Waals surface area contributed by atoms with Crippen molar-refractivity contribution in [3.05, 3.63) is 65.2 Å². The minimum Gasteiger partial charge on any atom is -0.490 e. The van der Waals surface area contributed by atoms with Crippen molar-refractivity contribution in [2.24, 2.45) is 5.73 Å². The lowest BCUT2D eigenvalue weighted by molar-refractivity contribution is -0.137. The first-order valence-electron chi connectivity index (χ1n) is 6.66. The molecule has 3 N–H and O–H groups in total. The van der Waals surface area contributed by atoms with Crippen LogP contribution in [0.4, 0.5) is 13.2 Å². The van der Waals surface area contributed by atoms with E-state index in [2.05, 4.69) is 0 Å². The summed E-state index contributed by atoms with van der Waals surface area (Å²) in [6.45, 7) is -0.227. The molecule has 0 aromatic heterocycles. The number of hydrogen-bond acceptors (Lipinski definition) is 3. The van der Waals surface area contributed by atoms with Crippen molar-refractivity contribution in [1.29, 1.82) is 0 Å². The van der Waals surface area contributed by atoms with Gasteiger partial charge in [0.2, 0.25) is 0 Å². The van der Waals surface area contributed by atoms with Gasteiger partial charge in [0.25, 0.3) is 5.91 Å². The number of aliphatic hydroxyl groups excluding tert-OH is 1. The first kappa shape index (κ1) is 16.8. The summed E-state index contributed by atoms with van der Waals surface area (Å²) < 4.78 is 42.8. The lowest BCUT2D eigenvalue weighted by Gasteiger charge is -2.15. The van der Waals surface area contributed by atoms with Gasteiger partial charge in [0.05, 0.1) is 11.1 Å². The Morgan fingerprint density at radius 3 is 2.30 bits per heavy atom. The lowest BCUT2D eigenvalue weighted by atomic mass is 10.1. The molecule has 1 atom stereocenters. The molecule has 0 radical (unpaired) electrons. The Balaban J connectivity index is 2.05. The van der Waals surface area contributed by atoms with Crippen molar-refractivity contribution in [3.8, 4) is 5.75 Å². The molecule has 7 heteroatoms. The molecule has 0 aliphatic carbocycles. The number of rotatable bonds is 5. The number of halogens is 3. The molecule has 1 amide bonds. The highest BCUT2D eigenvalue weighted by atomic mass is 19.4. The zero-order valence-corrected chi connectivity index (χ0v) is 11.9. The Morgan fingerprint density at radius 2 is 1.74 bits per heavy atom. The summed E-state index contributed by atoms with van der Waals surface area (Å²) in [6.07, 6.45) is -5.57. The van der Waals surface area contributed by atoms with Gasteiger partial charge in [-0.2, -0.15) is 13.2 Å². The fourth-order valence-corrected chi connectivity index (χ4v) is 1.96. The van der Waals surface area contributed by atoms with Gasteiger partial charge in [0.1, 0.15) is 18.5 Å². The van der Waals surface area contributed by atoms with Crippen molar-refractivity contribution >= 4 is 5.91 Å². The van der Waals surface area contributed by atoms with Gasteiger partial charge in [-0.25, -0.2) is 0 Å². The van der Waals surface area contributed by atoms with Gasteiger partial charge in [-0.15, -0.1) is 0 Å². The fraction of sp³-hybridized carbons (Fsp3) is 0.188. The molecule has 0 heterocycles. The average Bonchev–Trinajstić information content (AvgIpc) is 2.52. The molecular formula is C16H14F3NO3. The fourth-order valence-electron chi connectivity index (χ4n) is 1.96. The van der Waals surface area contributed by atoms with E-state index in [0.717, 1.165) is 12.1 Å². The van der Waals surface area contributed by atoms with Gasteiger partial charge >= 0.3 is 6.18 Å². The number of primary amides is 1. The standard InChI is InChI=1S/C16H14F3NO3/c17-16(18,19)11-7-5-10(6-8-11)13(21)9-23-14-4-2-1-3-12(14)15(20)22/h1-8,13,21H,9H2,(H2,20,22). The third kappa shape index (κ3) is 4.23. The number of nitrogens with two attached hydrogens (primary N) is 1. The normalized spacial score (nSPS) is 12.7. The Bertz CT molecular complexity index is 684. The topological polar surface area (TPSA) is 72.6 Å². The Hall–Kier alpha value is -2.54. The summed E-state index contributed by atoms with van der Waals surface area (Å²) in [4.78, 5) is 11.2. The molecule has 4 nitrogen and oxygen atoms in total. The van der Waals surface area contributed by atoms with E-state index < -0.39 is 23.8 Å². The van der Waals surface area contributed by atoms with Crippen LogP contribution < -0.4 is 10.5 Å². The van der Waals surface area contributed by atoms with Gasteiger partial charge in [-0.1, -0.05) is 24.3 Å². The Labute approximate surface area is 130 Å². The second-order valence-corrected chi connectivity index (χ2v) is 4.81. The van der Waals surface area contributed by atoms with Gasteiger partial charge in [-0.05, 0) is 29.8 Å². The second-order valence-electron chi connectivity index (χ2n) is 4.81. The quantitative estimate of drug-likeness (QED) is 0.888. The molecule has 0 aliphatic heterocycles. The van der Waals surface area contributed by atoms with Crippen LogP contribution in [0.5, 0.6) is 5.75 Å². The maximum absolute atomic E-state index is 12.5. The Morgan fingerprint density at radius 1 is 1.13 bits per heavy atom. The molecule has 2 aromatic carbocycles. The van der Waals surface area contributed by atoms with Crippen molar-refractivity contribution < 1.29 is 27.8 Å². The highest BCUT2D eigenvalue weighted by Gasteiger charge is 2.30. The highest BCUT2D eigenvalue weighted by molar-refractivity contribution is 5.95. The molecule has 0 saturated heterocycles. The Kier molecular flexibility index (Phi) is 4.90. The monoisotopic (exact) mass is 325 g/mol. The van der Waals surface area contributed by atoms with E-state index in [0.29, 0.717) is 0 Å². The predicted molar refractivity (Wildman–Crippen MR) is 76.9 cm³/mol. The molecule has 0 aliphatic rings. The van der Waals surface area contributed by atoms with Gasteiger partial charge in [-0.3, -0.25) is 4.79 Å². The minimum absolute atomic E-state index is 0.159. The summed E-state index contributed by atoms with van der Waals surface area (Å²) in [5, 5.41) is 9.98. The largest absolute Gasteiger partial charge is 0.490 e. The van der Waals surface area contributed by atoms with Crippen molar-refractivity contribution in [1.82, 2.24) is 0 Å². The molecular weight excluding hydrogens is 311 g/mol. The van der Waals surface area contributed by atoms with E-state index in [1.54, 1.807) is 12.1 Å². The van der Waals surface area contributed by atoms with Crippen molar-refractivity contribution in [3.63, 3.8) is 0 Å². The second kappa shape index (κ2) is 6.70. The third-order valence-corrected chi connectivity index (χ3v) is 3.17. The van der Waals surface area contributed by atoms with E-state index in [-0.39, 0.29) is 23.5 Å². The van der Waals surface area contributed by atoms with Crippen LogP contribution >= 0.6 is 0 Å². The predicted octanol–water partition coefficient (Wildman–Crippen LogP) is 2.92. The van der Waals surface area contributed by atoms with Gasteiger partial charge in [0.15, 0.2) is 0 Å². The van der Waals surface area contributed by atoms with Crippen LogP contribution in [0, 0.1) is 0 Å². The molecule has 0 spiro atoms. The number of benzene rings is 2. The maximum Gasteiger partial charge on any atom is 0.416 e. The molecule has 122 valence electrons. The third-order valence-electron chi connectivity index (χ3n) is 3.17. The maximum atomic E-state index is 12.5. The zero-order valence-electron chi connectivity index (χ0n) is 11.9. The summed E-state index contributed by atoms with van der Waals surface area (Å²) in [5.41, 5.74) is 4.84. The molecule has 1 unspecified atom stereocenters. The highest BCUT2D eigenvalue weighted by Crippen LogP contribution is 2.30. The van der Waals surface area contributed by atoms with E-state index >= 15 is 0 Å². The number of carbonyl (C=O) groups is 1. The zero-order chi connectivity index (χ0) is 17.0. The molecule has 23 heavy (non-hydrogen) atoms. The molecule has 0 fully saturated rings. The van der Waals surface area contributed by atoms with Crippen LogP contribution in [-0.2, 0) is 6.18 Å². The molecule has 2 aromatic rings. The lowest BCUT2D eigenvalue weighted by Crippen LogP contribution is -2.15. The summed E-state index contributed by atoms with van der Waals surface area (Å²) in [6, 6.07) is 10.4. The van der Waals surface area contributed by atoms with Crippen LogP contribution in [0.3, 0.4) is 0 Å². The SMILES string of the molecule is NC(=O)c1ccccc1OCC(O)c1ccc(C(F)(F)F)cc1. The number of para-hydroxylation sites is 1. The van der Waals surface area contributed by atoms with E-state index in [9.17, 15) is 23.1 Å². The molecule has 2 rings (SSSR count). The number of hydrogen-bond donors (Lipinski definition) is 2. The minimum atomic E-state index is -4.43. The van der Waals surface area contributed by atoms with Gasteiger partial charge in [0, 0.05) is 0 Å². The number of ether oxygens (including phenoxy) is 1. The summed E-state index contributed by atoms with van der Waals surface area (Å²) >= 11 is 0. The summed E-state index contributed by atoms with van der Waals surface area (Å²) in [5.74, 6) is -0.476. The first-order valence-corrected chi connectivity index (χ1v) is 6.66. The number of amides is 1. The van der Waals surface area contributed by atoms with Crippen LogP contribution in [0.25, 0.3) is 0 Å². The van der Waals surface area contributed by atoms with E-state index in [4.69, 9.17) is 10.5 Å². The molecule has 0 bridgehead atoms. The number of alkyl halides is 3. The average molecular weight is 325 g/mol. The van der Waals surface area contributed by atoms with Crippen LogP contribution in [-0.4, -0.2) is 17.6 Å². The van der Waals surface area contributed by atoms with E-state index in [1.807, 2.05) is 0 Å². The van der Waals surface area contributed by atoms with Crippen LogP contribution in [0.1, 0.15) is 27.6 Å². The van der Waals surface area contributed by atoms with Crippen molar-refractivity contribution in [2.45, 2.75) is 12.3 Å². The van der Waals surface area contributed by atoms with Crippen molar-refractivity contribution in [2.75, 3.05) is 6.61 Å². The summed E-state index contributed by atoms with van der Waals surface area (Å²) in [7, 11) is 0. The van der Waals surface area contributed by atoms with Crippen LogP contribution in [0.15, 0.2) is 48.5 Å². The number of aliphatic hydroxyl groups is 1. The molecule has 0 saturated carbocycles. The smallest absolute Gasteiger partial charge is 0.416 e. The number of carbonyl (C=O) groups excluding carboxylic acids is 1. The first-order chi connectivity index (χ1) is 10.8. The van der Waals surface area contributed by atoms with Crippen LogP contribution in [0.2, 0.25) is 0 Å². The van der Waals surface area contributed by atoms with Gasteiger partial charge < -0.3 is 15.6 Å².